The highest BCUT2D eigenvalue weighted by atomic mass is 19.1. The largest absolute Gasteiger partial charge is 0.373 e. The molecule has 3 nitrogen and oxygen atoms in total. The van der Waals surface area contributed by atoms with Gasteiger partial charge in [-0.25, -0.2) is 4.39 Å². The highest BCUT2D eigenvalue weighted by Gasteiger charge is 2.12. The third-order valence-corrected chi connectivity index (χ3v) is 2.39. The summed E-state index contributed by atoms with van der Waals surface area (Å²) in [5.41, 5.74) is 6.37. The number of halogens is 1. The van der Waals surface area contributed by atoms with Gasteiger partial charge in [-0.1, -0.05) is 12.1 Å². The fraction of sp³-hybridized carbons (Fsp3) is 0.571. The van der Waals surface area contributed by atoms with Crippen LogP contribution in [0.25, 0.3) is 0 Å². The summed E-state index contributed by atoms with van der Waals surface area (Å²) in [7, 11) is 0. The first-order valence-corrected chi connectivity index (χ1v) is 6.13. The summed E-state index contributed by atoms with van der Waals surface area (Å²) < 4.78 is 24.0. The molecule has 1 aromatic carbocycles. The fourth-order valence-electron chi connectivity index (χ4n) is 1.52. The zero-order valence-electron chi connectivity index (χ0n) is 11.3. The van der Waals surface area contributed by atoms with Gasteiger partial charge in [0.2, 0.25) is 0 Å². The Balaban J connectivity index is 2.40. The maximum Gasteiger partial charge on any atom is 0.123 e. The van der Waals surface area contributed by atoms with Crippen LogP contribution in [0.15, 0.2) is 24.3 Å². The second kappa shape index (κ2) is 6.83. The van der Waals surface area contributed by atoms with E-state index in [0.717, 1.165) is 5.56 Å². The zero-order valence-corrected chi connectivity index (χ0v) is 11.3. The average Bonchev–Trinajstić information content (AvgIpc) is 2.29. The Kier molecular flexibility index (Phi) is 5.72. The second-order valence-corrected chi connectivity index (χ2v) is 5.11. The Bertz CT molecular complexity index is 346. The number of hydrogen-bond donors (Lipinski definition) is 1. The summed E-state index contributed by atoms with van der Waals surface area (Å²) >= 11 is 0. The van der Waals surface area contributed by atoms with Gasteiger partial charge < -0.3 is 15.2 Å². The van der Waals surface area contributed by atoms with E-state index in [-0.39, 0.29) is 17.5 Å². The molecule has 0 fully saturated rings. The molecule has 0 radical (unpaired) electrons. The van der Waals surface area contributed by atoms with Gasteiger partial charge in [-0.05, 0) is 38.5 Å². The topological polar surface area (TPSA) is 44.5 Å². The maximum atomic E-state index is 12.8. The van der Waals surface area contributed by atoms with E-state index >= 15 is 0 Å². The lowest BCUT2D eigenvalue weighted by atomic mass is 10.1. The van der Waals surface area contributed by atoms with Crippen LogP contribution in [0.4, 0.5) is 4.39 Å². The highest BCUT2D eigenvalue weighted by molar-refractivity contribution is 5.18. The predicted molar refractivity (Wildman–Crippen MR) is 69.9 cm³/mol. The number of ether oxygens (including phenoxy) is 2. The van der Waals surface area contributed by atoms with Crippen molar-refractivity contribution in [1.82, 2.24) is 0 Å². The molecule has 4 heteroatoms. The van der Waals surface area contributed by atoms with Gasteiger partial charge in [-0.2, -0.15) is 0 Å². The van der Waals surface area contributed by atoms with Crippen LogP contribution in [0.2, 0.25) is 0 Å². The van der Waals surface area contributed by atoms with E-state index in [4.69, 9.17) is 15.2 Å². The van der Waals surface area contributed by atoms with E-state index in [1.807, 2.05) is 20.8 Å². The quantitative estimate of drug-likeness (QED) is 0.795. The van der Waals surface area contributed by atoms with Crippen LogP contribution in [-0.2, 0) is 9.47 Å². The zero-order chi connectivity index (χ0) is 13.6. The molecule has 102 valence electrons. The lowest BCUT2D eigenvalue weighted by Gasteiger charge is -2.21. The van der Waals surface area contributed by atoms with E-state index in [0.29, 0.717) is 19.8 Å². The third-order valence-electron chi connectivity index (χ3n) is 2.39. The molecule has 0 heterocycles. The van der Waals surface area contributed by atoms with Gasteiger partial charge >= 0.3 is 0 Å². The van der Waals surface area contributed by atoms with Crippen molar-refractivity contribution in [1.29, 1.82) is 0 Å². The maximum absolute atomic E-state index is 12.8. The fourth-order valence-corrected chi connectivity index (χ4v) is 1.52. The minimum atomic E-state index is -0.259. The summed E-state index contributed by atoms with van der Waals surface area (Å²) in [6.45, 7) is 7.33. The number of hydrogen-bond acceptors (Lipinski definition) is 3. The Morgan fingerprint density at radius 3 is 2.28 bits per heavy atom. The molecule has 0 bridgehead atoms. The van der Waals surface area contributed by atoms with Gasteiger partial charge in [0.15, 0.2) is 0 Å². The van der Waals surface area contributed by atoms with Gasteiger partial charge in [0, 0.05) is 6.54 Å². The minimum absolute atomic E-state index is 0.169. The molecule has 2 N–H and O–H groups in total. The molecule has 1 unspecified atom stereocenters. The van der Waals surface area contributed by atoms with Crippen molar-refractivity contribution in [2.45, 2.75) is 32.5 Å². The number of nitrogens with two attached hydrogens (primary N) is 1. The van der Waals surface area contributed by atoms with E-state index < -0.39 is 0 Å². The first kappa shape index (κ1) is 15.1. The van der Waals surface area contributed by atoms with Gasteiger partial charge in [0.25, 0.3) is 0 Å². The average molecular weight is 255 g/mol. The van der Waals surface area contributed by atoms with Crippen LogP contribution >= 0.6 is 0 Å². The molecule has 0 saturated carbocycles. The van der Waals surface area contributed by atoms with Gasteiger partial charge in [-0.3, -0.25) is 0 Å². The van der Waals surface area contributed by atoms with Crippen LogP contribution in [0, 0.1) is 5.82 Å². The summed E-state index contributed by atoms with van der Waals surface area (Å²) in [6, 6.07) is 6.20. The third kappa shape index (κ3) is 5.58. The molecule has 0 aliphatic heterocycles. The van der Waals surface area contributed by atoms with Crippen molar-refractivity contribution in [2.24, 2.45) is 5.73 Å². The van der Waals surface area contributed by atoms with Crippen molar-refractivity contribution in [3.8, 4) is 0 Å². The Hall–Kier alpha value is -0.970. The normalized spacial score (nSPS) is 13.6. The highest BCUT2D eigenvalue weighted by Crippen LogP contribution is 2.16. The van der Waals surface area contributed by atoms with E-state index in [9.17, 15) is 4.39 Å². The van der Waals surface area contributed by atoms with E-state index in [1.54, 1.807) is 12.1 Å². The molecule has 0 aromatic heterocycles. The molecule has 0 saturated heterocycles. The molecule has 1 rings (SSSR count). The van der Waals surface area contributed by atoms with Crippen LogP contribution in [0.5, 0.6) is 0 Å². The van der Waals surface area contributed by atoms with Crippen molar-refractivity contribution < 1.29 is 13.9 Å². The van der Waals surface area contributed by atoms with Gasteiger partial charge in [0.05, 0.1) is 24.9 Å². The van der Waals surface area contributed by atoms with E-state index in [1.165, 1.54) is 12.1 Å². The van der Waals surface area contributed by atoms with Gasteiger partial charge in [0.1, 0.15) is 5.82 Å². The lowest BCUT2D eigenvalue weighted by Crippen LogP contribution is -2.24. The van der Waals surface area contributed by atoms with Crippen LogP contribution in [0.1, 0.15) is 32.4 Å². The Labute approximate surface area is 108 Å². The monoisotopic (exact) mass is 255 g/mol. The van der Waals surface area contributed by atoms with Crippen LogP contribution < -0.4 is 5.73 Å². The molecule has 0 aliphatic rings. The SMILES string of the molecule is CC(C)(C)OCCOC(CN)c1ccc(F)cc1. The molecule has 0 amide bonds. The first-order valence-electron chi connectivity index (χ1n) is 6.13. The number of rotatable bonds is 6. The Morgan fingerprint density at radius 1 is 1.17 bits per heavy atom. The standard InChI is InChI=1S/C14H22FNO2/c1-14(2,3)18-9-8-17-13(10-16)11-4-6-12(15)7-5-11/h4-7,13H,8-10,16H2,1-3H3. The smallest absolute Gasteiger partial charge is 0.123 e. The second-order valence-electron chi connectivity index (χ2n) is 5.11. The van der Waals surface area contributed by atoms with Crippen LogP contribution in [0.3, 0.4) is 0 Å². The molecular weight excluding hydrogens is 233 g/mol. The summed E-state index contributed by atoms with van der Waals surface area (Å²) in [6.07, 6.45) is -0.214. The van der Waals surface area contributed by atoms with Crippen molar-refractivity contribution in [2.75, 3.05) is 19.8 Å². The number of benzene rings is 1. The van der Waals surface area contributed by atoms with Crippen LogP contribution in [-0.4, -0.2) is 25.4 Å². The first-order chi connectivity index (χ1) is 8.42. The molecule has 0 spiro atoms. The molecule has 18 heavy (non-hydrogen) atoms. The minimum Gasteiger partial charge on any atom is -0.373 e. The lowest BCUT2D eigenvalue weighted by molar-refractivity contribution is -0.0506. The summed E-state index contributed by atoms with van der Waals surface area (Å²) in [5, 5.41) is 0. The molecule has 0 aliphatic carbocycles. The van der Waals surface area contributed by atoms with Gasteiger partial charge in [-0.15, -0.1) is 0 Å². The molecule has 1 atom stereocenters. The Morgan fingerprint density at radius 2 is 1.78 bits per heavy atom. The molecule has 1 aromatic rings. The van der Waals surface area contributed by atoms with Crippen molar-refractivity contribution >= 4 is 0 Å². The summed E-state index contributed by atoms with van der Waals surface area (Å²) in [4.78, 5) is 0. The van der Waals surface area contributed by atoms with E-state index in [2.05, 4.69) is 0 Å². The molecular formula is C14H22FNO2. The summed E-state index contributed by atoms with van der Waals surface area (Å²) in [5.74, 6) is -0.259. The van der Waals surface area contributed by atoms with Crippen molar-refractivity contribution in [3.63, 3.8) is 0 Å². The predicted octanol–water partition coefficient (Wildman–Crippen LogP) is 2.66. The van der Waals surface area contributed by atoms with Crippen molar-refractivity contribution in [3.05, 3.63) is 35.6 Å².